The molecule has 32 heavy (non-hydrogen) atoms. The summed E-state index contributed by atoms with van der Waals surface area (Å²) < 4.78 is 0. The van der Waals surface area contributed by atoms with Gasteiger partial charge in [0.25, 0.3) is 0 Å². The molecule has 0 radical (unpaired) electrons. The molecule has 1 heterocycles. The maximum atomic E-state index is 4.82. The van der Waals surface area contributed by atoms with Crippen LogP contribution in [-0.4, -0.2) is 13.6 Å². The molecule has 0 atom stereocenters. The van der Waals surface area contributed by atoms with Gasteiger partial charge in [0.1, 0.15) is 0 Å². The highest BCUT2D eigenvalue weighted by Gasteiger charge is 2.13. The molecule has 3 heteroatoms. The van der Waals surface area contributed by atoms with Crippen LogP contribution in [0, 0.1) is 0 Å². The highest BCUT2D eigenvalue weighted by molar-refractivity contribution is 7.99. The van der Waals surface area contributed by atoms with Crippen LogP contribution in [0.1, 0.15) is 90.4 Å². The molecule has 0 bridgehead atoms. The van der Waals surface area contributed by atoms with E-state index in [9.17, 15) is 0 Å². The predicted octanol–water partition coefficient (Wildman–Crippen LogP) is 8.04. The molecule has 0 saturated carbocycles. The van der Waals surface area contributed by atoms with Gasteiger partial charge in [0, 0.05) is 29.1 Å². The Bertz CT molecular complexity index is 937. The fraction of sp³-hybridized carbons (Fsp3) is 0.552. The van der Waals surface area contributed by atoms with Crippen molar-refractivity contribution >= 4 is 29.7 Å². The Morgan fingerprint density at radius 2 is 1.38 bits per heavy atom. The second kappa shape index (κ2) is 13.7. The van der Waals surface area contributed by atoms with Crippen molar-refractivity contribution in [3.63, 3.8) is 0 Å². The zero-order chi connectivity index (χ0) is 22.6. The first-order valence-electron chi connectivity index (χ1n) is 12.9. The van der Waals surface area contributed by atoms with Gasteiger partial charge in [0.15, 0.2) is 0 Å². The summed E-state index contributed by atoms with van der Waals surface area (Å²) in [4.78, 5) is 9.68. The lowest BCUT2D eigenvalue weighted by Crippen LogP contribution is -2.18. The van der Waals surface area contributed by atoms with Crippen molar-refractivity contribution in [2.75, 3.05) is 18.5 Å². The number of hydrogen-bond acceptors (Lipinski definition) is 3. The lowest BCUT2D eigenvalue weighted by molar-refractivity contribution is 0.539. The van der Waals surface area contributed by atoms with Gasteiger partial charge in [-0.3, -0.25) is 0 Å². The molecule has 0 N–H and O–H groups in total. The number of rotatable bonds is 15. The van der Waals surface area contributed by atoms with Crippen LogP contribution in [0.25, 0.3) is 6.58 Å². The van der Waals surface area contributed by atoms with E-state index in [1.807, 2.05) is 17.8 Å². The van der Waals surface area contributed by atoms with Gasteiger partial charge in [-0.15, -0.1) is 0 Å². The summed E-state index contributed by atoms with van der Waals surface area (Å²) in [7, 11) is 2.22. The monoisotopic (exact) mass is 450 g/mol. The van der Waals surface area contributed by atoms with Gasteiger partial charge in [-0.2, -0.15) is 0 Å². The van der Waals surface area contributed by atoms with Crippen molar-refractivity contribution in [3.05, 3.63) is 47.0 Å². The number of fused-ring (bicyclic) bond motifs is 2. The summed E-state index contributed by atoms with van der Waals surface area (Å²) in [5, 5.41) is 2.11. The molecule has 2 aromatic rings. The normalized spacial score (nSPS) is 12.2. The molecule has 0 amide bonds. The van der Waals surface area contributed by atoms with Gasteiger partial charge >= 0.3 is 0 Å². The molecule has 0 aliphatic carbocycles. The van der Waals surface area contributed by atoms with Crippen LogP contribution in [0.3, 0.4) is 0 Å². The van der Waals surface area contributed by atoms with Crippen LogP contribution < -0.4 is 15.5 Å². The average molecular weight is 451 g/mol. The summed E-state index contributed by atoms with van der Waals surface area (Å²) >= 11 is 1.82. The highest BCUT2D eigenvalue weighted by Crippen LogP contribution is 2.38. The smallest absolute Gasteiger partial charge is 0.0778 e. The first kappa shape index (κ1) is 24.9. The van der Waals surface area contributed by atoms with Gasteiger partial charge in [0.05, 0.1) is 11.0 Å². The molecule has 174 valence electrons. The Balaban J connectivity index is 1.30. The zero-order valence-electron chi connectivity index (χ0n) is 20.4. The van der Waals surface area contributed by atoms with E-state index in [1.54, 1.807) is 0 Å². The SMILES string of the molecule is C=c1ccc2c(c1)Sc1cc(N(C)CCCCCCCCCCCCCCC)ccc1N=2. The third-order valence-corrected chi connectivity index (χ3v) is 7.56. The molecule has 3 rings (SSSR count). The standard InChI is InChI=1S/C29H42N2S/c1-4-5-6-7-8-9-10-11-12-13-14-15-16-21-31(3)25-18-20-27-29(23-25)32-28-22-24(2)17-19-26(28)30-27/h17-20,22-23H,2,4-16,21H2,1,3H3. The van der Waals surface area contributed by atoms with Gasteiger partial charge in [-0.25, -0.2) is 4.99 Å². The molecular weight excluding hydrogens is 408 g/mol. The number of nitrogens with zero attached hydrogens (tertiary/aromatic N) is 2. The molecule has 0 saturated heterocycles. The van der Waals surface area contributed by atoms with Crippen LogP contribution in [-0.2, 0) is 0 Å². The molecule has 2 aromatic carbocycles. The minimum Gasteiger partial charge on any atom is -0.375 e. The van der Waals surface area contributed by atoms with Crippen molar-refractivity contribution < 1.29 is 0 Å². The van der Waals surface area contributed by atoms with Crippen LogP contribution >= 0.6 is 11.8 Å². The largest absolute Gasteiger partial charge is 0.375 e. The van der Waals surface area contributed by atoms with Crippen LogP contribution in [0.15, 0.2) is 51.2 Å². The average Bonchev–Trinajstić information content (AvgIpc) is 2.80. The van der Waals surface area contributed by atoms with Gasteiger partial charge in [-0.05, 0) is 42.0 Å². The Hall–Kier alpha value is -1.74. The van der Waals surface area contributed by atoms with Gasteiger partial charge in [-0.1, -0.05) is 108 Å². The Morgan fingerprint density at radius 3 is 2.03 bits per heavy atom. The van der Waals surface area contributed by atoms with Crippen LogP contribution in [0.4, 0.5) is 11.4 Å². The van der Waals surface area contributed by atoms with E-state index in [0.29, 0.717) is 0 Å². The summed E-state index contributed by atoms with van der Waals surface area (Å²) in [5.41, 5.74) is 2.37. The summed E-state index contributed by atoms with van der Waals surface area (Å²) in [5.74, 6) is 0. The number of benzene rings is 2. The lowest BCUT2D eigenvalue weighted by atomic mass is 10.0. The minimum absolute atomic E-state index is 1.05. The van der Waals surface area contributed by atoms with Crippen molar-refractivity contribution in [1.29, 1.82) is 0 Å². The van der Waals surface area contributed by atoms with Crippen molar-refractivity contribution in [2.24, 2.45) is 4.99 Å². The molecule has 2 nitrogen and oxygen atoms in total. The summed E-state index contributed by atoms with van der Waals surface area (Å²) in [6, 6.07) is 12.9. The van der Waals surface area contributed by atoms with Crippen molar-refractivity contribution in [3.8, 4) is 0 Å². The topological polar surface area (TPSA) is 15.6 Å². The molecule has 0 spiro atoms. The molecule has 0 unspecified atom stereocenters. The molecule has 0 fully saturated rings. The fourth-order valence-corrected chi connectivity index (χ4v) is 5.45. The summed E-state index contributed by atoms with van der Waals surface area (Å²) in [6.45, 7) is 7.47. The van der Waals surface area contributed by atoms with E-state index < -0.39 is 0 Å². The van der Waals surface area contributed by atoms with E-state index in [4.69, 9.17) is 4.99 Å². The van der Waals surface area contributed by atoms with Crippen molar-refractivity contribution in [2.45, 2.75) is 100 Å². The first-order valence-corrected chi connectivity index (χ1v) is 13.7. The van der Waals surface area contributed by atoms with Crippen molar-refractivity contribution in [1.82, 2.24) is 0 Å². The van der Waals surface area contributed by atoms with Gasteiger partial charge < -0.3 is 4.90 Å². The van der Waals surface area contributed by atoms with E-state index >= 15 is 0 Å². The Labute approximate surface area is 200 Å². The van der Waals surface area contributed by atoms with Gasteiger partial charge in [0.2, 0.25) is 0 Å². The lowest BCUT2D eigenvalue weighted by Gasteiger charge is -2.21. The Morgan fingerprint density at radius 1 is 0.750 bits per heavy atom. The van der Waals surface area contributed by atoms with Crippen LogP contribution in [0.2, 0.25) is 0 Å². The highest BCUT2D eigenvalue weighted by atomic mass is 32.2. The first-order chi connectivity index (χ1) is 15.7. The second-order valence-corrected chi connectivity index (χ2v) is 10.4. The second-order valence-electron chi connectivity index (χ2n) is 9.33. The third-order valence-electron chi connectivity index (χ3n) is 6.47. The van der Waals surface area contributed by atoms with E-state index in [1.165, 1.54) is 98.9 Å². The summed E-state index contributed by atoms with van der Waals surface area (Å²) in [6.07, 6.45) is 18.3. The van der Waals surface area contributed by atoms with E-state index in [2.05, 4.69) is 55.8 Å². The number of unbranched alkanes of at least 4 members (excludes halogenated alkanes) is 12. The molecular formula is C29H42N2S. The maximum Gasteiger partial charge on any atom is 0.0778 e. The van der Waals surface area contributed by atoms with Crippen LogP contribution in [0.5, 0.6) is 0 Å². The molecule has 1 aliphatic rings. The molecule has 1 aliphatic heterocycles. The van der Waals surface area contributed by atoms with E-state index in [0.717, 1.165) is 22.8 Å². The minimum atomic E-state index is 1.05. The number of hydrogen-bond donors (Lipinski definition) is 0. The van der Waals surface area contributed by atoms with E-state index in [-0.39, 0.29) is 0 Å². The maximum absolute atomic E-state index is 4.82. The fourth-order valence-electron chi connectivity index (χ4n) is 4.39. The molecule has 0 aromatic heterocycles. The third kappa shape index (κ3) is 7.99. The predicted molar refractivity (Wildman–Crippen MR) is 142 cm³/mol. The number of anilines is 1. The Kier molecular flexibility index (Phi) is 10.7. The zero-order valence-corrected chi connectivity index (χ0v) is 21.2. The quantitative estimate of drug-likeness (QED) is 0.218.